The molecule has 2 heterocycles. The lowest BCUT2D eigenvalue weighted by molar-refractivity contribution is 0.121. The quantitative estimate of drug-likeness (QED) is 0.625. The van der Waals surface area contributed by atoms with Crippen LogP contribution in [0, 0.1) is 0 Å². The van der Waals surface area contributed by atoms with Crippen molar-refractivity contribution in [2.75, 3.05) is 26.2 Å². The van der Waals surface area contributed by atoms with Crippen molar-refractivity contribution in [3.8, 4) is 0 Å². The molecule has 0 aromatic rings. The third kappa shape index (κ3) is 2.18. The molecule has 3 rings (SSSR count). The van der Waals surface area contributed by atoms with Crippen LogP contribution in [0.3, 0.4) is 0 Å². The van der Waals surface area contributed by atoms with Gasteiger partial charge in [-0.05, 0) is 51.7 Å². The molecule has 0 radical (unpaired) electrons. The number of nitrogens with zero attached hydrogens (tertiary/aromatic N) is 2. The van der Waals surface area contributed by atoms with Crippen LogP contribution in [-0.2, 0) is 0 Å². The molecule has 1 unspecified atom stereocenters. The minimum atomic E-state index is 0.835. The van der Waals surface area contributed by atoms with Crippen molar-refractivity contribution in [1.82, 2.24) is 9.80 Å². The van der Waals surface area contributed by atoms with Gasteiger partial charge in [-0.25, -0.2) is 0 Å². The zero-order chi connectivity index (χ0) is 10.8. The highest BCUT2D eigenvalue weighted by molar-refractivity contribution is 5.00. The molecular formula is C14H24N2. The van der Waals surface area contributed by atoms with Gasteiger partial charge in [-0.1, -0.05) is 18.6 Å². The standard InChI is InChI=1S/C14H24N2/c1-2-7-13(6-1)16-11-5-10-15-9-4-3-8-14(15)12-16/h1-2,13-14H,3-12H2. The molecule has 3 aliphatic rings. The third-order valence-electron chi connectivity index (χ3n) is 4.58. The summed E-state index contributed by atoms with van der Waals surface area (Å²) in [5, 5.41) is 0. The van der Waals surface area contributed by atoms with Crippen LogP contribution in [0.2, 0.25) is 0 Å². The fraction of sp³-hybridized carbons (Fsp3) is 0.857. The van der Waals surface area contributed by atoms with E-state index in [1.807, 2.05) is 0 Å². The number of hydrogen-bond acceptors (Lipinski definition) is 2. The second kappa shape index (κ2) is 4.89. The fourth-order valence-corrected chi connectivity index (χ4v) is 3.63. The zero-order valence-corrected chi connectivity index (χ0v) is 10.3. The Bertz CT molecular complexity index is 253. The Morgan fingerprint density at radius 1 is 0.750 bits per heavy atom. The van der Waals surface area contributed by atoms with E-state index >= 15 is 0 Å². The van der Waals surface area contributed by atoms with Crippen LogP contribution in [-0.4, -0.2) is 48.1 Å². The predicted molar refractivity (Wildman–Crippen MR) is 67.6 cm³/mol. The smallest absolute Gasteiger partial charge is 0.0223 e. The first kappa shape index (κ1) is 10.8. The van der Waals surface area contributed by atoms with Crippen molar-refractivity contribution in [3.05, 3.63) is 12.2 Å². The summed E-state index contributed by atoms with van der Waals surface area (Å²) in [5.41, 5.74) is 0. The molecule has 2 saturated heterocycles. The Morgan fingerprint density at radius 3 is 2.38 bits per heavy atom. The fourth-order valence-electron chi connectivity index (χ4n) is 3.63. The molecule has 1 atom stereocenters. The number of piperidine rings is 1. The van der Waals surface area contributed by atoms with Crippen LogP contribution in [0.4, 0.5) is 0 Å². The first-order valence-electron chi connectivity index (χ1n) is 7.06. The van der Waals surface area contributed by atoms with Gasteiger partial charge in [0, 0.05) is 18.6 Å². The lowest BCUT2D eigenvalue weighted by Gasteiger charge is -2.36. The van der Waals surface area contributed by atoms with Gasteiger partial charge in [-0.2, -0.15) is 0 Å². The van der Waals surface area contributed by atoms with E-state index in [0.717, 1.165) is 12.1 Å². The zero-order valence-electron chi connectivity index (χ0n) is 10.3. The van der Waals surface area contributed by atoms with Crippen LogP contribution < -0.4 is 0 Å². The molecule has 0 amide bonds. The lowest BCUT2D eigenvalue weighted by atomic mass is 10.0. The largest absolute Gasteiger partial charge is 0.299 e. The maximum Gasteiger partial charge on any atom is 0.0223 e. The molecule has 2 aliphatic heterocycles. The second-order valence-corrected chi connectivity index (χ2v) is 5.63. The summed E-state index contributed by atoms with van der Waals surface area (Å²) in [5.74, 6) is 0. The van der Waals surface area contributed by atoms with Crippen molar-refractivity contribution in [2.24, 2.45) is 0 Å². The third-order valence-corrected chi connectivity index (χ3v) is 4.58. The molecule has 16 heavy (non-hydrogen) atoms. The van der Waals surface area contributed by atoms with E-state index in [0.29, 0.717) is 0 Å². The van der Waals surface area contributed by atoms with E-state index in [4.69, 9.17) is 0 Å². The van der Waals surface area contributed by atoms with E-state index in [1.54, 1.807) is 0 Å². The van der Waals surface area contributed by atoms with Gasteiger partial charge in [-0.3, -0.25) is 9.80 Å². The van der Waals surface area contributed by atoms with Crippen molar-refractivity contribution in [1.29, 1.82) is 0 Å². The maximum atomic E-state index is 2.77. The molecule has 0 N–H and O–H groups in total. The Hall–Kier alpha value is -0.340. The minimum Gasteiger partial charge on any atom is -0.299 e. The first-order chi connectivity index (χ1) is 7.93. The van der Waals surface area contributed by atoms with Crippen LogP contribution in [0.5, 0.6) is 0 Å². The predicted octanol–water partition coefficient (Wildman–Crippen LogP) is 2.27. The summed E-state index contributed by atoms with van der Waals surface area (Å²) in [4.78, 5) is 5.53. The molecule has 0 bridgehead atoms. The van der Waals surface area contributed by atoms with E-state index in [-0.39, 0.29) is 0 Å². The summed E-state index contributed by atoms with van der Waals surface area (Å²) >= 11 is 0. The van der Waals surface area contributed by atoms with Crippen molar-refractivity contribution in [3.63, 3.8) is 0 Å². The van der Waals surface area contributed by atoms with Gasteiger partial charge < -0.3 is 0 Å². The Labute approximate surface area is 99.3 Å². The molecule has 0 aromatic carbocycles. The van der Waals surface area contributed by atoms with Gasteiger partial charge in [0.15, 0.2) is 0 Å². The summed E-state index contributed by atoms with van der Waals surface area (Å²) in [6.07, 6.45) is 13.0. The highest BCUT2D eigenvalue weighted by atomic mass is 15.3. The average Bonchev–Trinajstić information content (AvgIpc) is 2.75. The van der Waals surface area contributed by atoms with Crippen molar-refractivity contribution in [2.45, 2.75) is 50.6 Å². The molecule has 0 aromatic heterocycles. The summed E-state index contributed by atoms with van der Waals surface area (Å²) < 4.78 is 0. The highest BCUT2D eigenvalue weighted by Crippen LogP contribution is 2.25. The maximum absolute atomic E-state index is 2.77. The second-order valence-electron chi connectivity index (χ2n) is 5.63. The molecular weight excluding hydrogens is 196 g/mol. The van der Waals surface area contributed by atoms with E-state index in [2.05, 4.69) is 22.0 Å². The van der Waals surface area contributed by atoms with Crippen molar-refractivity contribution < 1.29 is 0 Å². The summed E-state index contributed by atoms with van der Waals surface area (Å²) in [7, 11) is 0. The van der Waals surface area contributed by atoms with Gasteiger partial charge in [0.2, 0.25) is 0 Å². The lowest BCUT2D eigenvalue weighted by Crippen LogP contribution is -2.46. The van der Waals surface area contributed by atoms with Gasteiger partial charge in [0.1, 0.15) is 0 Å². The number of hydrogen-bond donors (Lipinski definition) is 0. The molecule has 0 saturated carbocycles. The molecule has 2 fully saturated rings. The van der Waals surface area contributed by atoms with Gasteiger partial charge in [-0.15, -0.1) is 0 Å². The van der Waals surface area contributed by atoms with Crippen molar-refractivity contribution >= 4 is 0 Å². The minimum absolute atomic E-state index is 0.835. The van der Waals surface area contributed by atoms with Gasteiger partial charge in [0.25, 0.3) is 0 Å². The molecule has 2 heteroatoms. The summed E-state index contributed by atoms with van der Waals surface area (Å²) in [6, 6.07) is 1.71. The van der Waals surface area contributed by atoms with E-state index in [9.17, 15) is 0 Å². The highest BCUT2D eigenvalue weighted by Gasteiger charge is 2.30. The van der Waals surface area contributed by atoms with E-state index < -0.39 is 0 Å². The van der Waals surface area contributed by atoms with Gasteiger partial charge in [0.05, 0.1) is 0 Å². The van der Waals surface area contributed by atoms with E-state index in [1.165, 1.54) is 64.7 Å². The summed E-state index contributed by atoms with van der Waals surface area (Å²) in [6.45, 7) is 5.38. The monoisotopic (exact) mass is 220 g/mol. The molecule has 90 valence electrons. The number of fused-ring (bicyclic) bond motifs is 1. The molecule has 2 nitrogen and oxygen atoms in total. The van der Waals surface area contributed by atoms with Gasteiger partial charge >= 0.3 is 0 Å². The van der Waals surface area contributed by atoms with Crippen LogP contribution in [0.25, 0.3) is 0 Å². The Kier molecular flexibility index (Phi) is 3.30. The molecule has 0 spiro atoms. The SMILES string of the molecule is C1=CCC(N2CCCN3CCCCC3C2)C1. The average molecular weight is 220 g/mol. The topological polar surface area (TPSA) is 6.48 Å². The normalized spacial score (nSPS) is 33.9. The Balaban J connectivity index is 1.63. The van der Waals surface area contributed by atoms with Crippen LogP contribution in [0.15, 0.2) is 12.2 Å². The van der Waals surface area contributed by atoms with Crippen LogP contribution >= 0.6 is 0 Å². The Morgan fingerprint density at radius 2 is 1.50 bits per heavy atom. The first-order valence-corrected chi connectivity index (χ1v) is 7.06. The molecule has 1 aliphatic carbocycles. The van der Waals surface area contributed by atoms with Crippen LogP contribution in [0.1, 0.15) is 38.5 Å². The number of rotatable bonds is 1.